The zero-order chi connectivity index (χ0) is 21.4. The molecule has 1 atom stereocenters. The molecule has 1 aliphatic rings. The summed E-state index contributed by atoms with van der Waals surface area (Å²) in [6, 6.07) is 2.76. The molecule has 1 saturated heterocycles. The minimum atomic E-state index is -4.44. The van der Waals surface area contributed by atoms with Crippen LogP contribution in [0.5, 0.6) is 0 Å². The fourth-order valence-corrected chi connectivity index (χ4v) is 4.23. The Morgan fingerprint density at radius 2 is 2.03 bits per heavy atom. The topological polar surface area (TPSA) is 81.3 Å². The van der Waals surface area contributed by atoms with E-state index in [1.54, 1.807) is 18.3 Å². The van der Waals surface area contributed by atoms with Gasteiger partial charge in [-0.15, -0.1) is 0 Å². The summed E-state index contributed by atoms with van der Waals surface area (Å²) in [6.07, 6.45) is -2.45. The third-order valence-electron chi connectivity index (χ3n) is 5.83. The van der Waals surface area contributed by atoms with Crippen molar-refractivity contribution in [2.75, 3.05) is 19.6 Å². The number of carbonyl (C=O) groups excluding carboxylic acids is 1. The Kier molecular flexibility index (Phi) is 6.01. The Morgan fingerprint density at radius 3 is 2.66 bits per heavy atom. The highest BCUT2D eigenvalue weighted by Crippen LogP contribution is 2.46. The normalized spacial score (nSPS) is 17.6. The van der Waals surface area contributed by atoms with Crippen LogP contribution in [0, 0.1) is 11.3 Å². The number of alkyl halides is 3. The van der Waals surface area contributed by atoms with E-state index in [-0.39, 0.29) is 5.92 Å². The first kappa shape index (κ1) is 21.7. The van der Waals surface area contributed by atoms with Crippen molar-refractivity contribution in [1.82, 2.24) is 20.4 Å². The maximum absolute atomic E-state index is 12.3. The van der Waals surface area contributed by atoms with Crippen molar-refractivity contribution in [2.45, 2.75) is 39.0 Å². The molecule has 3 N–H and O–H groups in total. The number of hydrogen-bond donors (Lipinski definition) is 3. The molecule has 2 aromatic rings. The Morgan fingerprint density at radius 1 is 1.38 bits per heavy atom. The van der Waals surface area contributed by atoms with Crippen molar-refractivity contribution >= 4 is 28.5 Å². The highest BCUT2D eigenvalue weighted by atomic mass is 35.5. The summed E-state index contributed by atoms with van der Waals surface area (Å²) in [4.78, 5) is 13.3. The number of aliphatic hydroxyl groups excluding tert-OH is 1. The molecule has 1 fully saturated rings. The maximum atomic E-state index is 12.3. The van der Waals surface area contributed by atoms with Crippen LogP contribution < -0.4 is 5.32 Å². The summed E-state index contributed by atoms with van der Waals surface area (Å²) >= 11 is 6.19. The lowest BCUT2D eigenvalue weighted by Crippen LogP contribution is -2.49. The van der Waals surface area contributed by atoms with E-state index in [1.165, 1.54) is 4.90 Å². The van der Waals surface area contributed by atoms with Gasteiger partial charge in [-0.2, -0.15) is 18.3 Å². The van der Waals surface area contributed by atoms with E-state index in [4.69, 9.17) is 11.6 Å². The molecule has 2 amide bonds. The summed E-state index contributed by atoms with van der Waals surface area (Å²) in [5.41, 5.74) is 0.874. The molecule has 0 spiro atoms. The molecule has 1 aromatic carbocycles. The number of fused-ring (bicyclic) bond motifs is 1. The number of aromatic amines is 1. The first-order valence-electron chi connectivity index (χ1n) is 9.39. The third-order valence-corrected chi connectivity index (χ3v) is 6.05. The Hall–Kier alpha value is -2.00. The summed E-state index contributed by atoms with van der Waals surface area (Å²) in [7, 11) is 0. The lowest BCUT2D eigenvalue weighted by Gasteiger charge is -2.43. The van der Waals surface area contributed by atoms with Crippen LogP contribution in [-0.2, 0) is 0 Å². The minimum absolute atomic E-state index is 0.0742. The summed E-state index contributed by atoms with van der Waals surface area (Å²) in [5.74, 6) is 0.0742. The van der Waals surface area contributed by atoms with Gasteiger partial charge in [0.05, 0.1) is 17.8 Å². The average molecular weight is 433 g/mol. The van der Waals surface area contributed by atoms with E-state index >= 15 is 0 Å². The number of likely N-dealkylation sites (tertiary alicyclic amines) is 1. The van der Waals surface area contributed by atoms with Crippen molar-refractivity contribution in [2.24, 2.45) is 11.3 Å². The number of urea groups is 1. The average Bonchev–Trinajstić information content (AvgIpc) is 3.12. The monoisotopic (exact) mass is 432 g/mol. The number of nitrogens with zero attached hydrogens (tertiary/aromatic N) is 2. The van der Waals surface area contributed by atoms with Crippen LogP contribution in [0.2, 0.25) is 5.02 Å². The lowest BCUT2D eigenvalue weighted by atomic mass is 9.68. The van der Waals surface area contributed by atoms with Crippen LogP contribution in [0.1, 0.15) is 38.4 Å². The van der Waals surface area contributed by atoms with Crippen molar-refractivity contribution in [3.05, 3.63) is 28.9 Å². The van der Waals surface area contributed by atoms with Crippen LogP contribution in [0.3, 0.4) is 0 Å². The minimum Gasteiger partial charge on any atom is -0.388 e. The SMILES string of the molecule is CC(C)(C1CCN(C(=O)NCC(F)(F)F)CC1)C(O)c1cc(Cl)cc2[nH]ncc12. The highest BCUT2D eigenvalue weighted by molar-refractivity contribution is 6.31. The Labute approximate surface area is 171 Å². The quantitative estimate of drug-likeness (QED) is 0.675. The molecule has 0 aliphatic carbocycles. The zero-order valence-electron chi connectivity index (χ0n) is 16.2. The van der Waals surface area contributed by atoms with Gasteiger partial charge in [0, 0.05) is 23.5 Å². The number of piperidine rings is 1. The standard InChI is InChI=1S/C19H24ClF3N4O2/c1-18(2,16(28)13-7-12(20)8-15-14(13)9-25-26-15)11-3-5-27(6-4-11)17(29)24-10-19(21,22)23/h7-9,11,16,28H,3-6,10H2,1-2H3,(H,24,29)(H,25,26). The number of benzene rings is 1. The van der Waals surface area contributed by atoms with Crippen LogP contribution in [0.4, 0.5) is 18.0 Å². The van der Waals surface area contributed by atoms with Gasteiger partial charge in [0.15, 0.2) is 0 Å². The second-order valence-corrected chi connectivity index (χ2v) is 8.52. The molecule has 29 heavy (non-hydrogen) atoms. The largest absolute Gasteiger partial charge is 0.405 e. The molecule has 1 aromatic heterocycles. The van der Waals surface area contributed by atoms with Crippen LogP contribution in [0.15, 0.2) is 18.3 Å². The van der Waals surface area contributed by atoms with Crippen molar-refractivity contribution < 1.29 is 23.1 Å². The number of rotatable bonds is 4. The summed E-state index contributed by atoms with van der Waals surface area (Å²) in [6.45, 7) is 3.23. The second kappa shape index (κ2) is 8.02. The predicted molar refractivity (Wildman–Crippen MR) is 104 cm³/mol. The van der Waals surface area contributed by atoms with E-state index in [2.05, 4.69) is 10.2 Å². The zero-order valence-corrected chi connectivity index (χ0v) is 16.9. The number of H-pyrrole nitrogens is 1. The molecule has 160 valence electrons. The van der Waals surface area contributed by atoms with E-state index in [9.17, 15) is 23.1 Å². The van der Waals surface area contributed by atoms with E-state index in [0.29, 0.717) is 36.5 Å². The number of amides is 2. The van der Waals surface area contributed by atoms with Crippen LogP contribution in [-0.4, -0.2) is 52.0 Å². The summed E-state index contributed by atoms with van der Waals surface area (Å²) < 4.78 is 36.9. The van der Waals surface area contributed by atoms with Gasteiger partial charge in [-0.05, 0) is 41.9 Å². The molecule has 0 bridgehead atoms. The molecule has 0 radical (unpaired) electrons. The molecule has 1 aliphatic heterocycles. The van der Waals surface area contributed by atoms with E-state index in [1.807, 2.05) is 19.2 Å². The van der Waals surface area contributed by atoms with Gasteiger partial charge in [-0.1, -0.05) is 25.4 Å². The van der Waals surface area contributed by atoms with Gasteiger partial charge < -0.3 is 15.3 Å². The molecule has 6 nitrogen and oxygen atoms in total. The van der Waals surface area contributed by atoms with Gasteiger partial charge in [0.25, 0.3) is 0 Å². The van der Waals surface area contributed by atoms with Gasteiger partial charge in [0.2, 0.25) is 0 Å². The fraction of sp³-hybridized carbons (Fsp3) is 0.579. The molecule has 3 rings (SSSR count). The van der Waals surface area contributed by atoms with Gasteiger partial charge in [-0.3, -0.25) is 5.10 Å². The Balaban J connectivity index is 1.68. The molecule has 2 heterocycles. The molecule has 0 saturated carbocycles. The number of carbonyl (C=O) groups is 1. The second-order valence-electron chi connectivity index (χ2n) is 8.09. The molecular formula is C19H24ClF3N4O2. The van der Waals surface area contributed by atoms with E-state index < -0.39 is 30.3 Å². The Bertz CT molecular complexity index is 876. The molecule has 1 unspecified atom stereocenters. The maximum Gasteiger partial charge on any atom is 0.405 e. The van der Waals surface area contributed by atoms with Crippen molar-refractivity contribution in [3.63, 3.8) is 0 Å². The number of hydrogen-bond acceptors (Lipinski definition) is 3. The number of halogens is 4. The van der Waals surface area contributed by atoms with Crippen molar-refractivity contribution in [3.8, 4) is 0 Å². The predicted octanol–water partition coefficient (Wildman–Crippen LogP) is 4.26. The van der Waals surface area contributed by atoms with Crippen LogP contribution in [0.25, 0.3) is 10.9 Å². The fourth-order valence-electron chi connectivity index (χ4n) is 4.01. The van der Waals surface area contributed by atoms with E-state index in [0.717, 1.165) is 10.9 Å². The number of aliphatic hydroxyl groups is 1. The first-order chi connectivity index (χ1) is 13.5. The molecular weight excluding hydrogens is 409 g/mol. The lowest BCUT2D eigenvalue weighted by molar-refractivity contribution is -0.123. The molecule has 10 heteroatoms. The number of aromatic nitrogens is 2. The highest BCUT2D eigenvalue weighted by Gasteiger charge is 2.40. The van der Waals surface area contributed by atoms with Crippen LogP contribution >= 0.6 is 11.6 Å². The van der Waals surface area contributed by atoms with Gasteiger partial charge in [-0.25, -0.2) is 4.79 Å². The summed E-state index contributed by atoms with van der Waals surface area (Å²) in [5, 5.41) is 21.2. The van der Waals surface area contributed by atoms with Crippen molar-refractivity contribution in [1.29, 1.82) is 0 Å². The third kappa shape index (κ3) is 4.78. The smallest absolute Gasteiger partial charge is 0.388 e. The van der Waals surface area contributed by atoms with Gasteiger partial charge >= 0.3 is 12.2 Å². The van der Waals surface area contributed by atoms with Gasteiger partial charge in [0.1, 0.15) is 6.54 Å². The first-order valence-corrected chi connectivity index (χ1v) is 9.77. The number of nitrogens with one attached hydrogen (secondary N) is 2.